The molecule has 0 spiro atoms. The Kier molecular flexibility index (Phi) is 4.86. The molecule has 1 aliphatic heterocycles. The summed E-state index contributed by atoms with van der Waals surface area (Å²) < 4.78 is 2.13. The molecule has 2 aromatic rings. The molecule has 0 saturated heterocycles. The highest BCUT2D eigenvalue weighted by Gasteiger charge is 2.35. The number of nitrogens with zero attached hydrogens (tertiary/aromatic N) is 4. The molecule has 0 unspecified atom stereocenters. The van der Waals surface area contributed by atoms with E-state index in [-0.39, 0.29) is 36.3 Å². The number of fused-ring (bicyclic) bond motifs is 1. The molecule has 8 nitrogen and oxygen atoms in total. The van der Waals surface area contributed by atoms with Crippen LogP contribution in [0.3, 0.4) is 0 Å². The van der Waals surface area contributed by atoms with E-state index in [4.69, 9.17) is 5.26 Å². The molecule has 9 heteroatoms. The number of aryl methyl sites for hydroxylation is 1. The van der Waals surface area contributed by atoms with Gasteiger partial charge in [0.05, 0.1) is 17.3 Å². The van der Waals surface area contributed by atoms with Crippen molar-refractivity contribution in [2.75, 3.05) is 11.9 Å². The summed E-state index contributed by atoms with van der Waals surface area (Å²) in [5.41, 5.74) is 1.00. The number of imide groups is 1. The smallest absolute Gasteiger partial charge is 0.261 e. The van der Waals surface area contributed by atoms with Crippen LogP contribution >= 0.6 is 15.9 Å². The fourth-order valence-electron chi connectivity index (χ4n) is 2.73. The van der Waals surface area contributed by atoms with Gasteiger partial charge in [-0.15, -0.1) is 0 Å². The first kappa shape index (κ1) is 17.8. The Morgan fingerprint density at radius 1 is 1.31 bits per heavy atom. The molecular weight excluding hydrogens is 402 g/mol. The van der Waals surface area contributed by atoms with Crippen molar-refractivity contribution in [2.24, 2.45) is 7.05 Å². The Hall–Kier alpha value is -2.99. The lowest BCUT2D eigenvalue weighted by Gasteiger charge is -2.13. The second-order valence-corrected chi connectivity index (χ2v) is 6.66. The van der Waals surface area contributed by atoms with E-state index in [0.717, 1.165) is 9.37 Å². The van der Waals surface area contributed by atoms with Crippen molar-refractivity contribution in [1.29, 1.82) is 5.26 Å². The number of nitriles is 1. The topological polar surface area (TPSA) is 108 Å². The van der Waals surface area contributed by atoms with Crippen molar-refractivity contribution in [3.63, 3.8) is 0 Å². The average molecular weight is 416 g/mol. The van der Waals surface area contributed by atoms with Crippen molar-refractivity contribution in [3.8, 4) is 6.07 Å². The Bertz CT molecular complexity index is 960. The molecule has 3 rings (SSSR count). The Morgan fingerprint density at radius 3 is 2.77 bits per heavy atom. The van der Waals surface area contributed by atoms with Crippen LogP contribution in [-0.4, -0.2) is 38.9 Å². The molecule has 2 heterocycles. The van der Waals surface area contributed by atoms with Gasteiger partial charge in [0.15, 0.2) is 0 Å². The lowest BCUT2D eigenvalue weighted by molar-refractivity contribution is -0.116. The quantitative estimate of drug-likeness (QED) is 0.751. The van der Waals surface area contributed by atoms with Crippen LogP contribution in [-0.2, 0) is 11.8 Å². The zero-order valence-corrected chi connectivity index (χ0v) is 15.4. The minimum absolute atomic E-state index is 0.104. The first-order valence-electron chi connectivity index (χ1n) is 7.80. The molecule has 1 N–H and O–H groups in total. The third-order valence-electron chi connectivity index (χ3n) is 4.04. The highest BCUT2D eigenvalue weighted by molar-refractivity contribution is 9.10. The van der Waals surface area contributed by atoms with Crippen LogP contribution < -0.4 is 5.32 Å². The van der Waals surface area contributed by atoms with Crippen molar-refractivity contribution >= 4 is 39.5 Å². The molecule has 132 valence electrons. The Morgan fingerprint density at radius 2 is 2.04 bits per heavy atom. The molecule has 3 amide bonds. The van der Waals surface area contributed by atoms with Crippen molar-refractivity contribution in [2.45, 2.75) is 12.8 Å². The van der Waals surface area contributed by atoms with E-state index in [9.17, 15) is 14.4 Å². The zero-order valence-electron chi connectivity index (χ0n) is 13.8. The summed E-state index contributed by atoms with van der Waals surface area (Å²) in [6, 6.07) is 6.89. The summed E-state index contributed by atoms with van der Waals surface area (Å²) in [4.78, 5) is 37.9. The van der Waals surface area contributed by atoms with Crippen molar-refractivity contribution in [3.05, 3.63) is 45.6 Å². The van der Waals surface area contributed by atoms with Crippen LogP contribution in [0.2, 0.25) is 0 Å². The number of aromatic nitrogens is 2. The second-order valence-electron chi connectivity index (χ2n) is 5.75. The van der Waals surface area contributed by atoms with Crippen LogP contribution in [0.5, 0.6) is 0 Å². The molecule has 0 saturated carbocycles. The van der Waals surface area contributed by atoms with Gasteiger partial charge in [-0.05, 0) is 24.6 Å². The van der Waals surface area contributed by atoms with Crippen LogP contribution in [0.4, 0.5) is 5.82 Å². The van der Waals surface area contributed by atoms with Crippen LogP contribution in [0, 0.1) is 11.3 Å². The molecule has 0 atom stereocenters. The van der Waals surface area contributed by atoms with Crippen LogP contribution in [0.15, 0.2) is 28.9 Å². The van der Waals surface area contributed by atoms with E-state index >= 15 is 0 Å². The molecule has 26 heavy (non-hydrogen) atoms. The molecule has 0 aliphatic carbocycles. The van der Waals surface area contributed by atoms with Gasteiger partial charge in [-0.1, -0.05) is 15.9 Å². The lowest BCUT2D eigenvalue weighted by atomic mass is 10.1. The number of halogens is 1. The van der Waals surface area contributed by atoms with Gasteiger partial charge in [0.1, 0.15) is 17.5 Å². The number of carbonyl (C=O) groups is 3. The summed E-state index contributed by atoms with van der Waals surface area (Å²) in [5.74, 6) is -0.700. The summed E-state index contributed by atoms with van der Waals surface area (Å²) in [5, 5.41) is 15.5. The molecule has 0 bridgehead atoms. The summed E-state index contributed by atoms with van der Waals surface area (Å²) in [6.07, 6.45) is 1.79. The first-order valence-corrected chi connectivity index (χ1v) is 8.59. The number of rotatable bonds is 5. The van der Waals surface area contributed by atoms with E-state index in [0.29, 0.717) is 23.4 Å². The SMILES string of the molecule is Cn1ncc(C#N)c1NC(=O)CCCN1C(=O)c2ccc(Br)cc2C1=O. The maximum Gasteiger partial charge on any atom is 0.261 e. The molecule has 1 aliphatic rings. The number of nitrogens with one attached hydrogen (secondary N) is 1. The third-order valence-corrected chi connectivity index (χ3v) is 4.53. The number of benzene rings is 1. The summed E-state index contributed by atoms with van der Waals surface area (Å²) in [6.45, 7) is 0.147. The van der Waals surface area contributed by atoms with Gasteiger partial charge in [0.2, 0.25) is 5.91 Å². The number of amides is 3. The minimum Gasteiger partial charge on any atom is -0.310 e. The summed E-state index contributed by atoms with van der Waals surface area (Å²) in [7, 11) is 1.62. The van der Waals surface area contributed by atoms with E-state index in [1.165, 1.54) is 10.9 Å². The Labute approximate surface area is 157 Å². The average Bonchev–Trinajstić information content (AvgIpc) is 3.07. The number of carbonyl (C=O) groups excluding carboxylic acids is 3. The highest BCUT2D eigenvalue weighted by atomic mass is 79.9. The van der Waals surface area contributed by atoms with Gasteiger partial charge < -0.3 is 5.32 Å². The molecule has 0 fully saturated rings. The van der Waals surface area contributed by atoms with Gasteiger partial charge in [0, 0.05) is 24.5 Å². The predicted octanol–water partition coefficient (Wildman–Crippen LogP) is 2.07. The molecule has 0 radical (unpaired) electrons. The van der Waals surface area contributed by atoms with Gasteiger partial charge in [-0.2, -0.15) is 10.4 Å². The highest BCUT2D eigenvalue weighted by Crippen LogP contribution is 2.26. The van der Waals surface area contributed by atoms with E-state index in [2.05, 4.69) is 26.3 Å². The van der Waals surface area contributed by atoms with Gasteiger partial charge in [-0.25, -0.2) is 0 Å². The van der Waals surface area contributed by atoms with Gasteiger partial charge in [-0.3, -0.25) is 24.0 Å². The second kappa shape index (κ2) is 7.09. The monoisotopic (exact) mass is 415 g/mol. The fourth-order valence-corrected chi connectivity index (χ4v) is 3.09. The van der Waals surface area contributed by atoms with Gasteiger partial charge >= 0.3 is 0 Å². The Balaban J connectivity index is 1.58. The first-order chi connectivity index (χ1) is 12.4. The predicted molar refractivity (Wildman–Crippen MR) is 95.3 cm³/mol. The minimum atomic E-state index is -0.356. The standard InChI is InChI=1S/C17H14BrN5O3/c1-22-15(10(8-19)9-20-22)21-14(24)3-2-6-23-16(25)12-5-4-11(18)7-13(12)17(23)26/h4-5,7,9H,2-3,6H2,1H3,(H,21,24). The van der Waals surface area contributed by atoms with Crippen LogP contribution in [0.25, 0.3) is 0 Å². The third kappa shape index (κ3) is 3.23. The normalized spacial score (nSPS) is 12.9. The molecular formula is C17H14BrN5O3. The number of anilines is 1. The van der Waals surface area contributed by atoms with Crippen molar-refractivity contribution < 1.29 is 14.4 Å². The molecule has 1 aromatic carbocycles. The number of hydrogen-bond acceptors (Lipinski definition) is 5. The van der Waals surface area contributed by atoms with Crippen molar-refractivity contribution in [1.82, 2.24) is 14.7 Å². The summed E-state index contributed by atoms with van der Waals surface area (Å²) >= 11 is 3.28. The zero-order chi connectivity index (χ0) is 18.8. The largest absolute Gasteiger partial charge is 0.310 e. The maximum atomic E-state index is 12.4. The maximum absolute atomic E-state index is 12.4. The van der Waals surface area contributed by atoms with E-state index in [1.807, 2.05) is 6.07 Å². The van der Waals surface area contributed by atoms with Crippen LogP contribution in [0.1, 0.15) is 39.1 Å². The lowest BCUT2D eigenvalue weighted by Crippen LogP contribution is -2.31. The van der Waals surface area contributed by atoms with E-state index in [1.54, 1.807) is 25.2 Å². The van der Waals surface area contributed by atoms with Gasteiger partial charge in [0.25, 0.3) is 11.8 Å². The molecule has 1 aromatic heterocycles. The number of hydrogen-bond donors (Lipinski definition) is 1. The van der Waals surface area contributed by atoms with E-state index < -0.39 is 0 Å². The fraction of sp³-hybridized carbons (Fsp3) is 0.235.